The Morgan fingerprint density at radius 1 is 1.16 bits per heavy atom. The van der Waals surface area contributed by atoms with E-state index in [1.165, 1.54) is 11.3 Å². The maximum absolute atomic E-state index is 12.3. The molecule has 0 spiro atoms. The first kappa shape index (κ1) is 21.4. The molecular formula is C25H24IN3O2. The molecule has 0 fully saturated rings. The number of aryl methyl sites for hydroxylation is 1. The number of anilines is 1. The van der Waals surface area contributed by atoms with Crippen molar-refractivity contribution < 1.29 is 9.53 Å². The summed E-state index contributed by atoms with van der Waals surface area (Å²) in [5.41, 5.74) is 7.87. The molecule has 0 atom stereocenters. The molecule has 0 unspecified atom stereocenters. The first-order valence-corrected chi connectivity index (χ1v) is 11.3. The molecule has 1 N–H and O–H groups in total. The van der Waals surface area contributed by atoms with E-state index in [0.717, 1.165) is 46.4 Å². The summed E-state index contributed by atoms with van der Waals surface area (Å²) in [6, 6.07) is 21.9. The van der Waals surface area contributed by atoms with Gasteiger partial charge in [0.05, 0.1) is 13.3 Å². The Balaban J connectivity index is 1.49. The number of rotatable bonds is 6. The molecule has 6 heteroatoms. The number of benzene rings is 3. The van der Waals surface area contributed by atoms with Crippen LogP contribution in [0.3, 0.4) is 0 Å². The van der Waals surface area contributed by atoms with Gasteiger partial charge in [-0.1, -0.05) is 24.3 Å². The largest absolute Gasteiger partial charge is 0.496 e. The van der Waals surface area contributed by atoms with E-state index in [9.17, 15) is 4.79 Å². The van der Waals surface area contributed by atoms with E-state index in [2.05, 4.69) is 68.3 Å². The molecule has 4 rings (SSSR count). The highest BCUT2D eigenvalue weighted by Gasteiger charge is 2.18. The predicted octanol–water partition coefficient (Wildman–Crippen LogP) is 5.02. The number of nitrogens with zero attached hydrogens (tertiary/aromatic N) is 2. The molecule has 5 nitrogen and oxygen atoms in total. The third-order valence-corrected chi connectivity index (χ3v) is 6.01. The Kier molecular flexibility index (Phi) is 6.86. The third-order valence-electron chi connectivity index (χ3n) is 5.34. The van der Waals surface area contributed by atoms with Crippen LogP contribution in [-0.2, 0) is 13.0 Å². The van der Waals surface area contributed by atoms with E-state index in [1.54, 1.807) is 19.4 Å². The lowest BCUT2D eigenvalue weighted by molar-refractivity contribution is 0.0955. The fourth-order valence-corrected chi connectivity index (χ4v) is 4.39. The number of ether oxygens (including phenoxy) is 1. The molecule has 158 valence electrons. The van der Waals surface area contributed by atoms with Crippen LogP contribution in [0.2, 0.25) is 0 Å². The number of carbonyl (C=O) groups is 1. The van der Waals surface area contributed by atoms with E-state index in [-0.39, 0.29) is 5.91 Å². The van der Waals surface area contributed by atoms with E-state index in [1.807, 2.05) is 30.3 Å². The Morgan fingerprint density at radius 3 is 2.87 bits per heavy atom. The van der Waals surface area contributed by atoms with Gasteiger partial charge in [0, 0.05) is 33.5 Å². The van der Waals surface area contributed by atoms with Crippen LogP contribution in [-0.4, -0.2) is 25.8 Å². The van der Waals surface area contributed by atoms with Gasteiger partial charge in [-0.15, -0.1) is 0 Å². The molecule has 1 amide bonds. The zero-order valence-electron chi connectivity index (χ0n) is 17.3. The number of hydrogen-bond acceptors (Lipinski definition) is 4. The van der Waals surface area contributed by atoms with E-state index in [0.29, 0.717) is 5.56 Å². The van der Waals surface area contributed by atoms with Crippen molar-refractivity contribution in [3.63, 3.8) is 0 Å². The number of fused-ring (bicyclic) bond motifs is 1. The maximum atomic E-state index is 12.3. The summed E-state index contributed by atoms with van der Waals surface area (Å²) < 4.78 is 6.61. The molecule has 3 aromatic carbocycles. The van der Waals surface area contributed by atoms with E-state index in [4.69, 9.17) is 4.74 Å². The van der Waals surface area contributed by atoms with Gasteiger partial charge in [0.2, 0.25) is 0 Å². The highest BCUT2D eigenvalue weighted by Crippen LogP contribution is 2.30. The number of nitrogens with one attached hydrogen (secondary N) is 1. The van der Waals surface area contributed by atoms with Crippen LogP contribution < -0.4 is 15.1 Å². The first-order chi connectivity index (χ1) is 15.1. The summed E-state index contributed by atoms with van der Waals surface area (Å²) in [6.45, 7) is 1.78. The van der Waals surface area contributed by atoms with Crippen LogP contribution >= 0.6 is 22.6 Å². The quantitative estimate of drug-likeness (QED) is 0.280. The molecule has 1 aliphatic heterocycles. The highest BCUT2D eigenvalue weighted by molar-refractivity contribution is 14.1. The maximum Gasteiger partial charge on any atom is 0.271 e. The summed E-state index contributed by atoms with van der Waals surface area (Å²) in [5.74, 6) is 0.622. The first-order valence-electron chi connectivity index (χ1n) is 10.2. The molecule has 0 aliphatic carbocycles. The van der Waals surface area contributed by atoms with Crippen LogP contribution in [0.15, 0.2) is 71.8 Å². The van der Waals surface area contributed by atoms with Crippen molar-refractivity contribution in [2.75, 3.05) is 18.6 Å². The minimum atomic E-state index is -0.228. The monoisotopic (exact) mass is 525 g/mol. The lowest BCUT2D eigenvalue weighted by atomic mass is 10.0. The average Bonchev–Trinajstić information content (AvgIpc) is 2.79. The minimum Gasteiger partial charge on any atom is -0.496 e. The molecule has 0 saturated heterocycles. The van der Waals surface area contributed by atoms with Gasteiger partial charge >= 0.3 is 0 Å². The molecular weight excluding hydrogens is 501 g/mol. The summed E-state index contributed by atoms with van der Waals surface area (Å²) in [7, 11) is 1.69. The lowest BCUT2D eigenvalue weighted by Crippen LogP contribution is -2.29. The van der Waals surface area contributed by atoms with Crippen molar-refractivity contribution in [1.82, 2.24) is 5.43 Å². The second kappa shape index (κ2) is 9.96. The van der Waals surface area contributed by atoms with Gasteiger partial charge < -0.3 is 9.64 Å². The van der Waals surface area contributed by atoms with Crippen LogP contribution in [0.5, 0.6) is 5.75 Å². The number of methoxy groups -OCH3 is 1. The zero-order chi connectivity index (χ0) is 21.6. The van der Waals surface area contributed by atoms with Gasteiger partial charge in [-0.05, 0) is 89.0 Å². The SMILES string of the molecule is COc1ccc(/C=N\NC(=O)c2cccc(I)c2)cc1CN1CCCc2ccccc21. The molecule has 1 aliphatic rings. The molecule has 1 heterocycles. The number of amides is 1. The van der Waals surface area contributed by atoms with Crippen molar-refractivity contribution in [2.24, 2.45) is 5.10 Å². The smallest absolute Gasteiger partial charge is 0.271 e. The predicted molar refractivity (Wildman–Crippen MR) is 133 cm³/mol. The molecule has 0 radical (unpaired) electrons. The molecule has 0 bridgehead atoms. The Morgan fingerprint density at radius 2 is 2.03 bits per heavy atom. The van der Waals surface area contributed by atoms with Crippen molar-refractivity contribution >= 4 is 40.4 Å². The van der Waals surface area contributed by atoms with Crippen molar-refractivity contribution in [3.8, 4) is 5.75 Å². The van der Waals surface area contributed by atoms with Gasteiger partial charge in [0.15, 0.2) is 0 Å². The van der Waals surface area contributed by atoms with Crippen molar-refractivity contribution in [1.29, 1.82) is 0 Å². The van der Waals surface area contributed by atoms with Gasteiger partial charge in [-0.3, -0.25) is 4.79 Å². The number of halogens is 1. The van der Waals surface area contributed by atoms with Crippen LogP contribution in [0.25, 0.3) is 0 Å². The number of para-hydroxylation sites is 1. The van der Waals surface area contributed by atoms with Crippen LogP contribution in [0.1, 0.15) is 33.5 Å². The summed E-state index contributed by atoms with van der Waals surface area (Å²) in [6.07, 6.45) is 3.93. The van der Waals surface area contributed by atoms with Gasteiger partial charge in [0.1, 0.15) is 5.75 Å². The second-order valence-corrected chi connectivity index (χ2v) is 8.68. The summed E-state index contributed by atoms with van der Waals surface area (Å²) in [4.78, 5) is 14.7. The molecule has 0 saturated carbocycles. The van der Waals surface area contributed by atoms with Gasteiger partial charge in [0.25, 0.3) is 5.91 Å². The van der Waals surface area contributed by atoms with Gasteiger partial charge in [-0.25, -0.2) is 5.43 Å². The topological polar surface area (TPSA) is 53.9 Å². The molecule has 0 aromatic heterocycles. The number of carbonyl (C=O) groups excluding carboxylic acids is 1. The standard InChI is InChI=1S/C25H24IN3O2/c1-31-24-12-11-18(16-27-28-25(30)20-7-4-9-22(26)15-20)14-21(24)17-29-13-5-8-19-6-2-3-10-23(19)29/h2-4,6-7,9-12,14-16H,5,8,13,17H2,1H3,(H,28,30)/b27-16-. The average molecular weight is 525 g/mol. The summed E-state index contributed by atoms with van der Waals surface area (Å²) >= 11 is 2.18. The fourth-order valence-electron chi connectivity index (χ4n) is 3.84. The van der Waals surface area contributed by atoms with Crippen molar-refractivity contribution in [3.05, 3.63) is 92.6 Å². The van der Waals surface area contributed by atoms with E-state index < -0.39 is 0 Å². The van der Waals surface area contributed by atoms with Crippen LogP contribution in [0.4, 0.5) is 5.69 Å². The minimum absolute atomic E-state index is 0.228. The lowest BCUT2D eigenvalue weighted by Gasteiger charge is -2.31. The Hall–Kier alpha value is -2.87. The highest BCUT2D eigenvalue weighted by atomic mass is 127. The Bertz CT molecular complexity index is 1110. The Labute approximate surface area is 196 Å². The zero-order valence-corrected chi connectivity index (χ0v) is 19.5. The summed E-state index contributed by atoms with van der Waals surface area (Å²) in [5, 5.41) is 4.15. The van der Waals surface area contributed by atoms with Gasteiger partial charge in [-0.2, -0.15) is 5.10 Å². The van der Waals surface area contributed by atoms with Crippen molar-refractivity contribution in [2.45, 2.75) is 19.4 Å². The second-order valence-electron chi connectivity index (χ2n) is 7.43. The van der Waals surface area contributed by atoms with E-state index >= 15 is 0 Å². The molecule has 3 aromatic rings. The third kappa shape index (κ3) is 5.25. The number of hydrogen-bond donors (Lipinski definition) is 1. The molecule has 31 heavy (non-hydrogen) atoms. The number of hydrazone groups is 1. The fraction of sp³-hybridized carbons (Fsp3) is 0.200. The van der Waals surface area contributed by atoms with Crippen LogP contribution in [0, 0.1) is 3.57 Å². The normalized spacial score (nSPS) is 13.2.